The maximum Gasteiger partial charge on any atom is 0.270 e. The summed E-state index contributed by atoms with van der Waals surface area (Å²) >= 11 is 6.53. The zero-order valence-electron chi connectivity index (χ0n) is 17.2. The Morgan fingerprint density at radius 2 is 1.86 bits per heavy atom. The Balaban J connectivity index is 2.28. The standard InChI is InChI=1S/C21H26N4O2S2/c1-4-9-25-18(24-10-7-5-6-8-11-24)15(14(2)16(13-22)19(25)26)12-17-20(27)23(3)21(28)29-17/h12H,4-11H2,1-3H3/b17-12+. The third-order valence-electron chi connectivity index (χ3n) is 5.46. The molecule has 0 N–H and O–H groups in total. The first kappa shape index (κ1) is 21.6. The van der Waals surface area contributed by atoms with Crippen LogP contribution in [-0.2, 0) is 11.3 Å². The molecule has 0 spiro atoms. The molecule has 0 atom stereocenters. The Morgan fingerprint density at radius 1 is 1.21 bits per heavy atom. The number of hydrogen-bond acceptors (Lipinski definition) is 6. The normalized spacial score (nSPS) is 19.0. The Kier molecular flexibility index (Phi) is 6.81. The monoisotopic (exact) mass is 430 g/mol. The van der Waals surface area contributed by atoms with Crippen LogP contribution < -0.4 is 10.5 Å². The Bertz CT molecular complexity index is 966. The second kappa shape index (κ2) is 9.14. The molecule has 0 radical (unpaired) electrons. The van der Waals surface area contributed by atoms with E-state index in [-0.39, 0.29) is 17.0 Å². The van der Waals surface area contributed by atoms with Crippen molar-refractivity contribution in [2.24, 2.45) is 0 Å². The van der Waals surface area contributed by atoms with Gasteiger partial charge in [0.15, 0.2) is 0 Å². The van der Waals surface area contributed by atoms with Crippen molar-refractivity contribution in [3.8, 4) is 6.07 Å². The van der Waals surface area contributed by atoms with Gasteiger partial charge < -0.3 is 4.90 Å². The van der Waals surface area contributed by atoms with Crippen LogP contribution in [0.3, 0.4) is 0 Å². The molecule has 29 heavy (non-hydrogen) atoms. The molecule has 0 aromatic carbocycles. The van der Waals surface area contributed by atoms with Crippen molar-refractivity contribution >= 4 is 46.1 Å². The van der Waals surface area contributed by atoms with Gasteiger partial charge in [-0.15, -0.1) is 0 Å². The highest BCUT2D eigenvalue weighted by atomic mass is 32.2. The van der Waals surface area contributed by atoms with Gasteiger partial charge in [-0.1, -0.05) is 43.7 Å². The number of thioether (sulfide) groups is 1. The van der Waals surface area contributed by atoms with Gasteiger partial charge in [0, 0.05) is 32.2 Å². The Morgan fingerprint density at radius 3 is 2.38 bits per heavy atom. The second-order valence-electron chi connectivity index (χ2n) is 7.45. The summed E-state index contributed by atoms with van der Waals surface area (Å²) in [5.41, 5.74) is 1.32. The van der Waals surface area contributed by atoms with Crippen LogP contribution in [0.15, 0.2) is 9.70 Å². The average Bonchev–Trinajstić information content (AvgIpc) is 2.90. The van der Waals surface area contributed by atoms with Gasteiger partial charge in [-0.25, -0.2) is 0 Å². The highest BCUT2D eigenvalue weighted by Gasteiger charge is 2.31. The highest BCUT2D eigenvalue weighted by Crippen LogP contribution is 2.35. The van der Waals surface area contributed by atoms with Crippen LogP contribution in [0.5, 0.6) is 0 Å². The van der Waals surface area contributed by atoms with Crippen molar-refractivity contribution in [3.05, 3.63) is 31.9 Å². The number of amides is 1. The third-order valence-corrected chi connectivity index (χ3v) is 6.95. The van der Waals surface area contributed by atoms with E-state index in [0.717, 1.165) is 43.7 Å². The minimum atomic E-state index is -0.244. The molecule has 6 nitrogen and oxygen atoms in total. The van der Waals surface area contributed by atoms with Gasteiger partial charge in [-0.05, 0) is 37.8 Å². The number of nitrogens with zero attached hydrogens (tertiary/aromatic N) is 4. The van der Waals surface area contributed by atoms with Crippen LogP contribution in [-0.4, -0.2) is 39.8 Å². The van der Waals surface area contributed by atoms with Gasteiger partial charge in [0.2, 0.25) is 0 Å². The van der Waals surface area contributed by atoms with E-state index in [1.165, 1.54) is 29.5 Å². The molecule has 3 rings (SSSR count). The lowest BCUT2D eigenvalue weighted by Gasteiger charge is -2.29. The van der Waals surface area contributed by atoms with Gasteiger partial charge in [0.05, 0.1) is 4.91 Å². The summed E-state index contributed by atoms with van der Waals surface area (Å²) in [6.07, 6.45) is 7.09. The van der Waals surface area contributed by atoms with Crippen LogP contribution in [0.1, 0.15) is 55.7 Å². The molecule has 2 aliphatic heterocycles. The number of rotatable bonds is 4. The molecule has 3 heterocycles. The molecule has 2 aliphatic rings. The summed E-state index contributed by atoms with van der Waals surface area (Å²) in [6, 6.07) is 2.09. The Labute approximate surface area is 181 Å². The fraction of sp³-hybridized carbons (Fsp3) is 0.524. The summed E-state index contributed by atoms with van der Waals surface area (Å²) in [7, 11) is 1.67. The van der Waals surface area contributed by atoms with Crippen molar-refractivity contribution in [2.45, 2.75) is 52.5 Å². The molecule has 8 heteroatoms. The zero-order chi connectivity index (χ0) is 21.1. The first-order chi connectivity index (χ1) is 13.9. The predicted octanol–water partition coefficient (Wildman–Crippen LogP) is 3.65. The quantitative estimate of drug-likeness (QED) is 0.536. The van der Waals surface area contributed by atoms with E-state index < -0.39 is 0 Å². The predicted molar refractivity (Wildman–Crippen MR) is 122 cm³/mol. The Hall–Kier alpha value is -2.11. The molecule has 0 aliphatic carbocycles. The molecule has 1 aromatic heterocycles. The number of nitriles is 1. The van der Waals surface area contributed by atoms with Crippen molar-refractivity contribution < 1.29 is 4.79 Å². The molecule has 154 valence electrons. The topological polar surface area (TPSA) is 69.3 Å². The fourth-order valence-corrected chi connectivity index (χ4v) is 5.04. The van der Waals surface area contributed by atoms with Gasteiger partial charge in [0.25, 0.3) is 11.5 Å². The number of thiocarbonyl (C=S) groups is 1. The van der Waals surface area contributed by atoms with E-state index in [2.05, 4.69) is 11.0 Å². The smallest absolute Gasteiger partial charge is 0.270 e. The van der Waals surface area contributed by atoms with Gasteiger partial charge in [0.1, 0.15) is 21.8 Å². The molecule has 0 unspecified atom stereocenters. The maximum atomic E-state index is 13.1. The SMILES string of the molecule is CCCn1c(N2CCCCCC2)c(/C=C2/SC(=S)N(C)C2=O)c(C)c(C#N)c1=O. The summed E-state index contributed by atoms with van der Waals surface area (Å²) in [6.45, 7) is 6.09. The van der Waals surface area contributed by atoms with Gasteiger partial charge >= 0.3 is 0 Å². The first-order valence-electron chi connectivity index (χ1n) is 10.0. The molecule has 1 amide bonds. The zero-order valence-corrected chi connectivity index (χ0v) is 18.8. The minimum Gasteiger partial charge on any atom is -0.357 e. The number of aromatic nitrogens is 1. The van der Waals surface area contributed by atoms with Crippen molar-refractivity contribution in [1.29, 1.82) is 5.26 Å². The van der Waals surface area contributed by atoms with Crippen LogP contribution in [0.25, 0.3) is 6.08 Å². The number of pyridine rings is 1. The number of carbonyl (C=O) groups excluding carboxylic acids is 1. The summed E-state index contributed by atoms with van der Waals surface area (Å²) in [5, 5.41) is 9.66. The van der Waals surface area contributed by atoms with E-state index in [1.807, 2.05) is 13.0 Å². The van der Waals surface area contributed by atoms with Crippen molar-refractivity contribution in [1.82, 2.24) is 9.47 Å². The number of hydrogen-bond donors (Lipinski definition) is 0. The van der Waals surface area contributed by atoms with Crippen molar-refractivity contribution in [3.63, 3.8) is 0 Å². The molecular weight excluding hydrogens is 404 g/mol. The third kappa shape index (κ3) is 4.12. The summed E-state index contributed by atoms with van der Waals surface area (Å²) in [5.74, 6) is 0.685. The highest BCUT2D eigenvalue weighted by molar-refractivity contribution is 8.26. The molecule has 2 fully saturated rings. The molecule has 1 aromatic rings. The summed E-state index contributed by atoms with van der Waals surface area (Å²) < 4.78 is 2.24. The number of anilines is 1. The van der Waals surface area contributed by atoms with Crippen LogP contribution in [0, 0.1) is 18.3 Å². The maximum absolute atomic E-state index is 13.1. The van der Waals surface area contributed by atoms with E-state index in [1.54, 1.807) is 18.5 Å². The van der Waals surface area contributed by atoms with E-state index in [4.69, 9.17) is 12.2 Å². The van der Waals surface area contributed by atoms with Gasteiger partial charge in [-0.3, -0.25) is 19.1 Å². The lowest BCUT2D eigenvalue weighted by Crippen LogP contribution is -2.35. The number of carbonyl (C=O) groups is 1. The van der Waals surface area contributed by atoms with Crippen LogP contribution in [0.2, 0.25) is 0 Å². The van der Waals surface area contributed by atoms with E-state index in [9.17, 15) is 14.9 Å². The minimum absolute atomic E-state index is 0.145. The van der Waals surface area contributed by atoms with E-state index >= 15 is 0 Å². The molecule has 0 bridgehead atoms. The lowest BCUT2D eigenvalue weighted by atomic mass is 10.0. The first-order valence-corrected chi connectivity index (χ1v) is 11.3. The second-order valence-corrected chi connectivity index (χ2v) is 9.12. The fourth-order valence-electron chi connectivity index (χ4n) is 3.88. The van der Waals surface area contributed by atoms with Gasteiger partial charge in [-0.2, -0.15) is 5.26 Å². The van der Waals surface area contributed by atoms with Crippen molar-refractivity contribution in [2.75, 3.05) is 25.0 Å². The summed E-state index contributed by atoms with van der Waals surface area (Å²) in [4.78, 5) is 30.0. The molecule has 2 saturated heterocycles. The largest absolute Gasteiger partial charge is 0.357 e. The molecule has 0 saturated carbocycles. The van der Waals surface area contributed by atoms with Crippen LogP contribution >= 0.6 is 24.0 Å². The number of likely N-dealkylation sites (N-methyl/N-ethyl adjacent to an activating group) is 1. The van der Waals surface area contributed by atoms with Crippen LogP contribution in [0.4, 0.5) is 5.82 Å². The average molecular weight is 431 g/mol. The van der Waals surface area contributed by atoms with E-state index in [0.29, 0.717) is 21.3 Å². The molecular formula is C21H26N4O2S2. The lowest BCUT2D eigenvalue weighted by molar-refractivity contribution is -0.121.